The maximum atomic E-state index is 3.86. The van der Waals surface area contributed by atoms with Crippen molar-refractivity contribution in [1.82, 2.24) is 5.32 Å². The Morgan fingerprint density at radius 3 is 2.89 bits per heavy atom. The summed E-state index contributed by atoms with van der Waals surface area (Å²) in [7, 11) is 0. The molecule has 0 aromatic heterocycles. The van der Waals surface area contributed by atoms with Gasteiger partial charge in [0, 0.05) is 12.6 Å². The lowest BCUT2D eigenvalue weighted by molar-refractivity contribution is 0.294. The fourth-order valence-electron chi connectivity index (χ4n) is 4.00. The third kappa shape index (κ3) is 3.20. The second kappa shape index (κ2) is 6.09. The van der Waals surface area contributed by atoms with Gasteiger partial charge in [-0.3, -0.25) is 0 Å². The topological polar surface area (TPSA) is 12.0 Å². The molecule has 1 aromatic rings. The number of nitrogens with one attached hydrogen (secondary N) is 1. The van der Waals surface area contributed by atoms with E-state index in [1.807, 2.05) is 0 Å². The molecule has 1 heteroatoms. The number of aryl methyl sites for hydroxylation is 1. The molecule has 0 saturated heterocycles. The van der Waals surface area contributed by atoms with E-state index in [1.54, 1.807) is 11.1 Å². The molecule has 3 unspecified atom stereocenters. The van der Waals surface area contributed by atoms with E-state index < -0.39 is 0 Å². The lowest BCUT2D eigenvalue weighted by Gasteiger charge is -2.31. The van der Waals surface area contributed by atoms with Crippen molar-refractivity contribution in [3.05, 3.63) is 35.4 Å². The summed E-state index contributed by atoms with van der Waals surface area (Å²) in [6, 6.07) is 9.85. The van der Waals surface area contributed by atoms with Gasteiger partial charge in [0.2, 0.25) is 0 Å². The molecule has 0 heterocycles. The molecule has 0 aliphatic heterocycles. The van der Waals surface area contributed by atoms with Crippen molar-refractivity contribution in [3.8, 4) is 0 Å². The van der Waals surface area contributed by atoms with Gasteiger partial charge in [0.25, 0.3) is 0 Å². The molecule has 1 saturated carbocycles. The van der Waals surface area contributed by atoms with Crippen molar-refractivity contribution < 1.29 is 0 Å². The molecule has 19 heavy (non-hydrogen) atoms. The van der Waals surface area contributed by atoms with E-state index in [4.69, 9.17) is 0 Å². The minimum absolute atomic E-state index is 0.752. The lowest BCUT2D eigenvalue weighted by atomic mass is 9.82. The predicted octanol–water partition coefficient (Wildman–Crippen LogP) is 4.27. The molecule has 0 bridgehead atoms. The first-order valence-corrected chi connectivity index (χ1v) is 8.14. The first-order chi connectivity index (χ1) is 9.33. The van der Waals surface area contributed by atoms with Gasteiger partial charge in [0.15, 0.2) is 0 Å². The van der Waals surface area contributed by atoms with Crippen LogP contribution in [0, 0.1) is 5.92 Å². The van der Waals surface area contributed by atoms with Gasteiger partial charge in [-0.25, -0.2) is 0 Å². The van der Waals surface area contributed by atoms with E-state index >= 15 is 0 Å². The van der Waals surface area contributed by atoms with Crippen molar-refractivity contribution in [2.24, 2.45) is 5.92 Å². The lowest BCUT2D eigenvalue weighted by Crippen LogP contribution is -2.36. The number of hydrogen-bond acceptors (Lipinski definition) is 1. The van der Waals surface area contributed by atoms with E-state index in [2.05, 4.69) is 36.5 Å². The smallest absolute Gasteiger partial charge is 0.00698 e. The maximum absolute atomic E-state index is 3.86. The zero-order chi connectivity index (χ0) is 13.1. The summed E-state index contributed by atoms with van der Waals surface area (Å²) in [5.74, 6) is 1.67. The standard InChI is InChI=1S/C18H27N/c1-14-6-4-10-17(12-14)19-13-16-9-5-8-15-7-2-3-11-18(15)16/h2-3,7,11,14,16-17,19H,4-6,8-10,12-13H2,1H3. The molecular formula is C18H27N. The van der Waals surface area contributed by atoms with Crippen LogP contribution in [0.3, 0.4) is 0 Å². The van der Waals surface area contributed by atoms with Crippen molar-refractivity contribution in [1.29, 1.82) is 0 Å². The third-order valence-electron chi connectivity index (χ3n) is 5.08. The molecular weight excluding hydrogens is 230 g/mol. The summed E-state index contributed by atoms with van der Waals surface area (Å²) < 4.78 is 0. The quantitative estimate of drug-likeness (QED) is 0.852. The first-order valence-electron chi connectivity index (χ1n) is 8.14. The van der Waals surface area contributed by atoms with Crippen LogP contribution in [0.5, 0.6) is 0 Å². The Hall–Kier alpha value is -0.820. The highest BCUT2D eigenvalue weighted by Gasteiger charge is 2.22. The third-order valence-corrected chi connectivity index (χ3v) is 5.08. The number of rotatable bonds is 3. The van der Waals surface area contributed by atoms with E-state index in [1.165, 1.54) is 51.5 Å². The van der Waals surface area contributed by atoms with Crippen LogP contribution in [0.2, 0.25) is 0 Å². The Labute approximate surface area is 117 Å². The van der Waals surface area contributed by atoms with Crippen LogP contribution < -0.4 is 5.32 Å². The number of benzene rings is 1. The van der Waals surface area contributed by atoms with Crippen LogP contribution in [0.15, 0.2) is 24.3 Å². The van der Waals surface area contributed by atoms with Gasteiger partial charge >= 0.3 is 0 Å². The molecule has 2 aliphatic carbocycles. The van der Waals surface area contributed by atoms with Crippen LogP contribution in [-0.4, -0.2) is 12.6 Å². The molecule has 1 fully saturated rings. The largest absolute Gasteiger partial charge is 0.313 e. The van der Waals surface area contributed by atoms with Crippen molar-refractivity contribution >= 4 is 0 Å². The Kier molecular flexibility index (Phi) is 4.22. The fraction of sp³-hybridized carbons (Fsp3) is 0.667. The molecule has 3 atom stereocenters. The van der Waals surface area contributed by atoms with Crippen LogP contribution in [0.1, 0.15) is 62.5 Å². The van der Waals surface area contributed by atoms with Gasteiger partial charge in [-0.1, -0.05) is 44.0 Å². The second-order valence-corrected chi connectivity index (χ2v) is 6.66. The summed E-state index contributed by atoms with van der Waals surface area (Å²) in [4.78, 5) is 0. The van der Waals surface area contributed by atoms with Gasteiger partial charge in [-0.15, -0.1) is 0 Å². The highest BCUT2D eigenvalue weighted by molar-refractivity contribution is 5.32. The molecule has 1 aromatic carbocycles. The molecule has 1 N–H and O–H groups in total. The zero-order valence-corrected chi connectivity index (χ0v) is 12.2. The van der Waals surface area contributed by atoms with Gasteiger partial charge in [0.05, 0.1) is 0 Å². The average molecular weight is 257 g/mol. The van der Waals surface area contributed by atoms with Crippen LogP contribution in [0.25, 0.3) is 0 Å². The normalized spacial score (nSPS) is 30.9. The average Bonchev–Trinajstić information content (AvgIpc) is 2.45. The van der Waals surface area contributed by atoms with Gasteiger partial charge in [-0.05, 0) is 55.1 Å². The first kappa shape index (κ1) is 13.2. The molecule has 0 spiro atoms. The van der Waals surface area contributed by atoms with Crippen LogP contribution >= 0.6 is 0 Å². The van der Waals surface area contributed by atoms with E-state index in [9.17, 15) is 0 Å². The molecule has 2 aliphatic rings. The number of hydrogen-bond donors (Lipinski definition) is 1. The highest BCUT2D eigenvalue weighted by Crippen LogP contribution is 2.31. The van der Waals surface area contributed by atoms with Crippen molar-refractivity contribution in [2.75, 3.05) is 6.54 Å². The Morgan fingerprint density at radius 1 is 1.11 bits per heavy atom. The number of fused-ring (bicyclic) bond motifs is 1. The van der Waals surface area contributed by atoms with Crippen molar-refractivity contribution in [3.63, 3.8) is 0 Å². The van der Waals surface area contributed by atoms with E-state index in [-0.39, 0.29) is 0 Å². The minimum Gasteiger partial charge on any atom is -0.313 e. The van der Waals surface area contributed by atoms with Gasteiger partial charge in [0.1, 0.15) is 0 Å². The van der Waals surface area contributed by atoms with Crippen LogP contribution in [-0.2, 0) is 6.42 Å². The summed E-state index contributed by atoms with van der Waals surface area (Å²) in [6.07, 6.45) is 9.64. The summed E-state index contributed by atoms with van der Waals surface area (Å²) in [5.41, 5.74) is 3.21. The fourth-order valence-corrected chi connectivity index (χ4v) is 4.00. The monoisotopic (exact) mass is 257 g/mol. The molecule has 1 nitrogen and oxygen atoms in total. The Balaban J connectivity index is 1.59. The summed E-state index contributed by atoms with van der Waals surface area (Å²) in [5, 5.41) is 3.86. The molecule has 0 radical (unpaired) electrons. The van der Waals surface area contributed by atoms with Crippen molar-refractivity contribution in [2.45, 2.75) is 63.8 Å². The van der Waals surface area contributed by atoms with E-state index in [0.717, 1.165) is 17.9 Å². The van der Waals surface area contributed by atoms with Crippen LogP contribution in [0.4, 0.5) is 0 Å². The minimum atomic E-state index is 0.752. The predicted molar refractivity (Wildman–Crippen MR) is 81.5 cm³/mol. The van der Waals surface area contributed by atoms with Gasteiger partial charge < -0.3 is 5.32 Å². The van der Waals surface area contributed by atoms with Gasteiger partial charge in [-0.2, -0.15) is 0 Å². The molecule has 3 rings (SSSR count). The molecule has 104 valence electrons. The SMILES string of the molecule is CC1CCCC(NCC2CCCc3ccccc32)C1. The van der Waals surface area contributed by atoms with E-state index in [0.29, 0.717) is 0 Å². The molecule has 0 amide bonds. The highest BCUT2D eigenvalue weighted by atomic mass is 14.9. The zero-order valence-electron chi connectivity index (χ0n) is 12.2. The summed E-state index contributed by atoms with van der Waals surface area (Å²) in [6.45, 7) is 3.60. The Bertz CT molecular complexity index is 412. The summed E-state index contributed by atoms with van der Waals surface area (Å²) >= 11 is 0. The second-order valence-electron chi connectivity index (χ2n) is 6.66. The maximum Gasteiger partial charge on any atom is 0.00698 e. The Morgan fingerprint density at radius 2 is 2.00 bits per heavy atom.